The molecule has 1 rings (SSSR count). The van der Waals surface area contributed by atoms with Crippen LogP contribution in [-0.4, -0.2) is 24.0 Å². The summed E-state index contributed by atoms with van der Waals surface area (Å²) in [5, 5.41) is 10.2. The number of benzene rings is 1. The van der Waals surface area contributed by atoms with Gasteiger partial charge in [0.25, 0.3) is 5.78 Å². The highest BCUT2D eigenvalue weighted by Crippen LogP contribution is 2.20. The molecule has 90 valence electrons. The summed E-state index contributed by atoms with van der Waals surface area (Å²) < 4.78 is 4.23. The molecule has 0 saturated carbocycles. The van der Waals surface area contributed by atoms with Gasteiger partial charge in [-0.2, -0.15) is 0 Å². The number of esters is 1. The van der Waals surface area contributed by atoms with Crippen molar-refractivity contribution in [1.82, 2.24) is 0 Å². The summed E-state index contributed by atoms with van der Waals surface area (Å²) in [5.41, 5.74) is 1.17. The lowest BCUT2D eigenvalue weighted by Gasteiger charge is -2.03. The maximum Gasteiger partial charge on any atom is 0.378 e. The highest BCUT2D eigenvalue weighted by Gasteiger charge is 2.13. The Hall–Kier alpha value is -1.81. The van der Waals surface area contributed by atoms with Gasteiger partial charge in [0.1, 0.15) is 5.76 Å². The van der Waals surface area contributed by atoms with Crippen LogP contribution in [0.15, 0.2) is 24.3 Å². The Balaban J connectivity index is 3.00. The largest absolute Gasteiger partial charge is 0.507 e. The topological polar surface area (TPSA) is 63.6 Å². The van der Waals surface area contributed by atoms with Crippen molar-refractivity contribution in [3.8, 4) is 0 Å². The third kappa shape index (κ3) is 3.32. The molecule has 1 aromatic rings. The zero-order chi connectivity index (χ0) is 13.0. The summed E-state index contributed by atoms with van der Waals surface area (Å²) in [4.78, 5) is 22.0. The highest BCUT2D eigenvalue weighted by atomic mass is 35.5. The minimum atomic E-state index is -1.03. The van der Waals surface area contributed by atoms with E-state index in [1.807, 2.05) is 0 Å². The number of methoxy groups -OCH3 is 1. The fraction of sp³-hybridized carbons (Fsp3) is 0.167. The van der Waals surface area contributed by atoms with Crippen LogP contribution >= 0.6 is 11.6 Å². The van der Waals surface area contributed by atoms with Gasteiger partial charge < -0.3 is 9.84 Å². The molecule has 4 nitrogen and oxygen atoms in total. The number of halogens is 1. The molecule has 17 heavy (non-hydrogen) atoms. The standard InChI is InChI=1S/C12H11ClO4/c1-7-5-8(3-4-9(7)13)10(14)6-11(15)12(16)17-2/h3-6,14H,1-2H3. The molecule has 0 aliphatic rings. The van der Waals surface area contributed by atoms with Gasteiger partial charge in [0, 0.05) is 16.7 Å². The van der Waals surface area contributed by atoms with E-state index in [4.69, 9.17) is 11.6 Å². The smallest absolute Gasteiger partial charge is 0.378 e. The molecule has 0 aromatic heterocycles. The fourth-order valence-electron chi connectivity index (χ4n) is 1.17. The molecule has 0 aliphatic heterocycles. The quantitative estimate of drug-likeness (QED) is 0.389. The molecule has 0 bridgehead atoms. The van der Waals surface area contributed by atoms with Crippen LogP contribution < -0.4 is 0 Å². The van der Waals surface area contributed by atoms with Crippen LogP contribution in [0.25, 0.3) is 5.76 Å². The summed E-state index contributed by atoms with van der Waals surface area (Å²) in [5.74, 6) is -2.25. The molecule has 1 aromatic carbocycles. The number of aryl methyl sites for hydroxylation is 1. The molecular formula is C12H11ClO4. The van der Waals surface area contributed by atoms with Crippen molar-refractivity contribution >= 4 is 29.1 Å². The monoisotopic (exact) mass is 254 g/mol. The first-order valence-corrected chi connectivity index (χ1v) is 5.13. The molecular weight excluding hydrogens is 244 g/mol. The predicted octanol–water partition coefficient (Wildman–Crippen LogP) is 2.29. The maximum absolute atomic E-state index is 11.2. The Morgan fingerprint density at radius 2 is 2.06 bits per heavy atom. The fourth-order valence-corrected chi connectivity index (χ4v) is 1.29. The Labute approximate surface area is 103 Å². The van der Waals surface area contributed by atoms with E-state index in [0.717, 1.165) is 18.7 Å². The van der Waals surface area contributed by atoms with Gasteiger partial charge in [0.15, 0.2) is 0 Å². The summed E-state index contributed by atoms with van der Waals surface area (Å²) in [6, 6.07) is 4.75. The third-order valence-corrected chi connectivity index (χ3v) is 2.53. The molecule has 0 saturated heterocycles. The van der Waals surface area contributed by atoms with E-state index < -0.39 is 11.8 Å². The summed E-state index contributed by atoms with van der Waals surface area (Å²) in [6.07, 6.45) is 0.814. The molecule has 1 N–H and O–H groups in total. The van der Waals surface area contributed by atoms with Gasteiger partial charge in [-0.3, -0.25) is 4.79 Å². The summed E-state index contributed by atoms with van der Waals surface area (Å²) in [7, 11) is 1.09. The van der Waals surface area contributed by atoms with Crippen LogP contribution in [0.1, 0.15) is 11.1 Å². The van der Waals surface area contributed by atoms with Crippen LogP contribution in [0.3, 0.4) is 0 Å². The van der Waals surface area contributed by atoms with Crippen molar-refractivity contribution < 1.29 is 19.4 Å². The molecule has 0 spiro atoms. The van der Waals surface area contributed by atoms with Crippen molar-refractivity contribution in [2.24, 2.45) is 0 Å². The summed E-state index contributed by atoms with van der Waals surface area (Å²) >= 11 is 5.82. The van der Waals surface area contributed by atoms with Gasteiger partial charge in [0.2, 0.25) is 0 Å². The average Bonchev–Trinajstić information content (AvgIpc) is 2.31. The second-order valence-corrected chi connectivity index (χ2v) is 3.76. The zero-order valence-electron chi connectivity index (χ0n) is 9.36. The number of aliphatic hydroxyl groups is 1. The lowest BCUT2D eigenvalue weighted by Crippen LogP contribution is -2.13. The van der Waals surface area contributed by atoms with Crippen molar-refractivity contribution in [3.05, 3.63) is 40.4 Å². The number of carbonyl (C=O) groups is 2. The minimum absolute atomic E-state index is 0.305. The van der Waals surface area contributed by atoms with E-state index in [2.05, 4.69) is 4.74 Å². The van der Waals surface area contributed by atoms with Crippen molar-refractivity contribution in [3.63, 3.8) is 0 Å². The number of hydrogen-bond acceptors (Lipinski definition) is 4. The van der Waals surface area contributed by atoms with Gasteiger partial charge in [0.05, 0.1) is 7.11 Å². The van der Waals surface area contributed by atoms with Crippen molar-refractivity contribution in [2.45, 2.75) is 6.92 Å². The normalized spacial score (nSPS) is 11.1. The SMILES string of the molecule is COC(=O)C(=O)C=C(O)c1ccc(Cl)c(C)c1. The molecule has 0 amide bonds. The van der Waals surface area contributed by atoms with E-state index in [1.54, 1.807) is 25.1 Å². The van der Waals surface area contributed by atoms with Gasteiger partial charge >= 0.3 is 5.97 Å². The Morgan fingerprint density at radius 1 is 1.41 bits per heavy atom. The van der Waals surface area contributed by atoms with Crippen LogP contribution in [-0.2, 0) is 14.3 Å². The van der Waals surface area contributed by atoms with Gasteiger partial charge in [-0.25, -0.2) is 4.79 Å². The number of rotatable bonds is 3. The van der Waals surface area contributed by atoms with Crippen LogP contribution in [0.4, 0.5) is 0 Å². The number of carbonyl (C=O) groups excluding carboxylic acids is 2. The average molecular weight is 255 g/mol. The van der Waals surface area contributed by atoms with Crippen LogP contribution in [0.5, 0.6) is 0 Å². The van der Waals surface area contributed by atoms with Crippen LogP contribution in [0, 0.1) is 6.92 Å². The number of hydrogen-bond donors (Lipinski definition) is 1. The molecule has 0 atom stereocenters. The van der Waals surface area contributed by atoms with E-state index in [9.17, 15) is 14.7 Å². The van der Waals surface area contributed by atoms with Crippen LogP contribution in [0.2, 0.25) is 5.02 Å². The van der Waals surface area contributed by atoms with E-state index >= 15 is 0 Å². The Bertz CT molecular complexity index is 491. The molecule has 5 heteroatoms. The first-order valence-electron chi connectivity index (χ1n) is 4.75. The maximum atomic E-state index is 11.2. The van der Waals surface area contributed by atoms with E-state index in [-0.39, 0.29) is 5.76 Å². The molecule has 0 aliphatic carbocycles. The number of aliphatic hydroxyl groups excluding tert-OH is 1. The molecule has 0 radical (unpaired) electrons. The lowest BCUT2D eigenvalue weighted by molar-refractivity contribution is -0.149. The van der Waals surface area contributed by atoms with Gasteiger partial charge in [-0.05, 0) is 30.7 Å². The van der Waals surface area contributed by atoms with E-state index in [1.165, 1.54) is 0 Å². The van der Waals surface area contributed by atoms with Crippen molar-refractivity contribution in [1.29, 1.82) is 0 Å². The Kier molecular flexibility index (Phi) is 4.29. The highest BCUT2D eigenvalue weighted by molar-refractivity contribution is 6.39. The summed E-state index contributed by atoms with van der Waals surface area (Å²) in [6.45, 7) is 1.77. The first kappa shape index (κ1) is 13.3. The minimum Gasteiger partial charge on any atom is -0.507 e. The molecule has 0 fully saturated rings. The number of ketones is 1. The Morgan fingerprint density at radius 3 is 2.59 bits per heavy atom. The second-order valence-electron chi connectivity index (χ2n) is 3.35. The van der Waals surface area contributed by atoms with Gasteiger partial charge in [-0.1, -0.05) is 11.6 Å². The third-order valence-electron chi connectivity index (χ3n) is 2.11. The molecule has 0 heterocycles. The van der Waals surface area contributed by atoms with Crippen molar-refractivity contribution in [2.75, 3.05) is 7.11 Å². The molecule has 0 unspecified atom stereocenters. The first-order chi connectivity index (χ1) is 7.95. The lowest BCUT2D eigenvalue weighted by atomic mass is 10.1. The zero-order valence-corrected chi connectivity index (χ0v) is 10.1. The second kappa shape index (κ2) is 5.50. The van der Waals surface area contributed by atoms with E-state index in [0.29, 0.717) is 10.6 Å². The predicted molar refractivity (Wildman–Crippen MR) is 63.8 cm³/mol. The van der Waals surface area contributed by atoms with Gasteiger partial charge in [-0.15, -0.1) is 0 Å². The number of ether oxygens (including phenoxy) is 1.